The zero-order valence-electron chi connectivity index (χ0n) is 9.97. The maximum absolute atomic E-state index is 11.8. The van der Waals surface area contributed by atoms with Crippen LogP contribution in [-0.4, -0.2) is 32.2 Å². The van der Waals surface area contributed by atoms with E-state index in [2.05, 4.69) is 21.9 Å². The van der Waals surface area contributed by atoms with Crippen molar-refractivity contribution in [2.24, 2.45) is 0 Å². The molecule has 96 valence electrons. The van der Waals surface area contributed by atoms with Gasteiger partial charge in [0.2, 0.25) is 0 Å². The summed E-state index contributed by atoms with van der Waals surface area (Å²) in [5, 5.41) is 0.220. The van der Waals surface area contributed by atoms with Crippen LogP contribution in [-0.2, 0) is 4.74 Å². The lowest BCUT2D eigenvalue weighted by atomic mass is 10.3. The number of imidazole rings is 1. The van der Waals surface area contributed by atoms with E-state index in [4.69, 9.17) is 16.3 Å². The number of hydrogen-bond donors (Lipinski definition) is 0. The van der Waals surface area contributed by atoms with Crippen LogP contribution in [0.15, 0.2) is 12.7 Å². The van der Waals surface area contributed by atoms with Crippen LogP contribution >= 0.6 is 11.6 Å². The zero-order chi connectivity index (χ0) is 13.0. The molecule has 0 saturated carbocycles. The molecule has 0 fully saturated rings. The van der Waals surface area contributed by atoms with Gasteiger partial charge in [0.05, 0.1) is 6.61 Å². The summed E-state index contributed by atoms with van der Waals surface area (Å²) in [6.45, 7) is 2.48. The molecule has 0 atom stereocenters. The van der Waals surface area contributed by atoms with E-state index >= 15 is 0 Å². The van der Waals surface area contributed by atoms with Gasteiger partial charge in [-0.15, -0.1) is 0 Å². The van der Waals surface area contributed by atoms with Crippen molar-refractivity contribution in [3.63, 3.8) is 0 Å². The minimum Gasteiger partial charge on any atom is -0.449 e. The molecule has 2 heterocycles. The largest absolute Gasteiger partial charge is 0.449 e. The second-order valence-electron chi connectivity index (χ2n) is 3.77. The van der Waals surface area contributed by atoms with Crippen LogP contribution in [0.3, 0.4) is 0 Å². The topological polar surface area (TPSA) is 69.9 Å². The maximum atomic E-state index is 11.8. The summed E-state index contributed by atoms with van der Waals surface area (Å²) in [5.74, 6) is 0. The quantitative estimate of drug-likeness (QED) is 0.630. The van der Waals surface area contributed by atoms with Gasteiger partial charge in [-0.2, -0.15) is 0 Å². The smallest absolute Gasteiger partial charge is 0.420 e. The standard InChI is InChI=1S/C11H13ClN4O2/c1-2-3-4-5-18-11(17)16-7-15-8-9(12)13-6-14-10(8)16/h6-7H,2-5H2,1H3. The van der Waals surface area contributed by atoms with Gasteiger partial charge in [0, 0.05) is 0 Å². The molecule has 2 rings (SSSR count). The van der Waals surface area contributed by atoms with Gasteiger partial charge >= 0.3 is 6.09 Å². The third-order valence-electron chi connectivity index (χ3n) is 2.46. The first-order valence-corrected chi connectivity index (χ1v) is 6.12. The van der Waals surface area contributed by atoms with Gasteiger partial charge in [0.25, 0.3) is 0 Å². The van der Waals surface area contributed by atoms with Crippen molar-refractivity contribution in [3.8, 4) is 0 Å². The Hall–Kier alpha value is -1.69. The van der Waals surface area contributed by atoms with Crippen LogP contribution < -0.4 is 0 Å². The van der Waals surface area contributed by atoms with Gasteiger partial charge in [-0.1, -0.05) is 31.4 Å². The fraction of sp³-hybridized carbons (Fsp3) is 0.455. The lowest BCUT2D eigenvalue weighted by Gasteiger charge is -2.04. The van der Waals surface area contributed by atoms with Crippen molar-refractivity contribution in [2.75, 3.05) is 6.61 Å². The van der Waals surface area contributed by atoms with Crippen molar-refractivity contribution in [1.82, 2.24) is 19.5 Å². The van der Waals surface area contributed by atoms with Crippen molar-refractivity contribution in [2.45, 2.75) is 26.2 Å². The number of carbonyl (C=O) groups is 1. The third-order valence-corrected chi connectivity index (χ3v) is 2.74. The highest BCUT2D eigenvalue weighted by Crippen LogP contribution is 2.17. The van der Waals surface area contributed by atoms with Crippen molar-refractivity contribution < 1.29 is 9.53 Å². The van der Waals surface area contributed by atoms with E-state index in [1.165, 1.54) is 17.2 Å². The van der Waals surface area contributed by atoms with Gasteiger partial charge in [0.15, 0.2) is 10.8 Å². The fourth-order valence-corrected chi connectivity index (χ4v) is 1.70. The van der Waals surface area contributed by atoms with Crippen molar-refractivity contribution in [1.29, 1.82) is 0 Å². The summed E-state index contributed by atoms with van der Waals surface area (Å²) in [6, 6.07) is 0. The Morgan fingerprint density at radius 3 is 3.00 bits per heavy atom. The number of unbranched alkanes of at least 4 members (excludes halogenated alkanes) is 2. The Labute approximate surface area is 109 Å². The van der Waals surface area contributed by atoms with Gasteiger partial charge in [-0.3, -0.25) is 0 Å². The molecule has 0 aliphatic carbocycles. The van der Waals surface area contributed by atoms with Crippen molar-refractivity contribution in [3.05, 3.63) is 17.8 Å². The first kappa shape index (κ1) is 12.8. The number of hydrogen-bond acceptors (Lipinski definition) is 5. The molecular formula is C11H13ClN4O2. The first-order chi connectivity index (χ1) is 8.74. The predicted molar refractivity (Wildman–Crippen MR) is 66.6 cm³/mol. The molecule has 0 spiro atoms. The molecule has 0 aromatic carbocycles. The molecule has 7 heteroatoms. The Balaban J connectivity index is 2.11. The van der Waals surface area contributed by atoms with Crippen LogP contribution in [0.5, 0.6) is 0 Å². The molecule has 0 aliphatic heterocycles. The van der Waals surface area contributed by atoms with Gasteiger partial charge in [-0.25, -0.2) is 24.3 Å². The Bertz CT molecular complexity index is 555. The molecule has 0 radical (unpaired) electrons. The number of rotatable bonds is 4. The molecule has 0 aliphatic rings. The van der Waals surface area contributed by atoms with Gasteiger partial charge in [-0.05, 0) is 6.42 Å². The van der Waals surface area contributed by atoms with Gasteiger partial charge in [0.1, 0.15) is 18.2 Å². The summed E-state index contributed by atoms with van der Waals surface area (Å²) in [4.78, 5) is 23.5. The Morgan fingerprint density at radius 2 is 2.22 bits per heavy atom. The minimum absolute atomic E-state index is 0.220. The second-order valence-corrected chi connectivity index (χ2v) is 4.13. The van der Waals surface area contributed by atoms with Crippen LogP contribution in [0.1, 0.15) is 26.2 Å². The lowest BCUT2D eigenvalue weighted by molar-refractivity contribution is 0.146. The molecule has 0 unspecified atom stereocenters. The lowest BCUT2D eigenvalue weighted by Crippen LogP contribution is -2.14. The van der Waals surface area contributed by atoms with Crippen LogP contribution in [0.25, 0.3) is 11.2 Å². The minimum atomic E-state index is -0.497. The van der Waals surface area contributed by atoms with Crippen LogP contribution in [0, 0.1) is 0 Å². The summed E-state index contributed by atoms with van der Waals surface area (Å²) in [5.41, 5.74) is 0.750. The Morgan fingerprint density at radius 1 is 1.39 bits per heavy atom. The number of aromatic nitrogens is 4. The highest BCUT2D eigenvalue weighted by molar-refractivity contribution is 6.33. The van der Waals surface area contributed by atoms with Crippen LogP contribution in [0.2, 0.25) is 5.15 Å². The highest BCUT2D eigenvalue weighted by atomic mass is 35.5. The van der Waals surface area contributed by atoms with Crippen molar-refractivity contribution >= 4 is 28.9 Å². The van der Waals surface area contributed by atoms with E-state index in [0.717, 1.165) is 19.3 Å². The van der Waals surface area contributed by atoms with E-state index in [1.807, 2.05) is 0 Å². The zero-order valence-corrected chi connectivity index (χ0v) is 10.7. The van der Waals surface area contributed by atoms with Gasteiger partial charge < -0.3 is 4.74 Å². The third kappa shape index (κ3) is 2.59. The SMILES string of the molecule is CCCCCOC(=O)n1cnc2c(Cl)ncnc21. The van der Waals surface area contributed by atoms with E-state index < -0.39 is 6.09 Å². The number of ether oxygens (including phenoxy) is 1. The first-order valence-electron chi connectivity index (χ1n) is 5.74. The second kappa shape index (κ2) is 5.77. The average molecular weight is 269 g/mol. The Kier molecular flexibility index (Phi) is 4.09. The monoisotopic (exact) mass is 268 g/mol. The molecule has 0 N–H and O–H groups in total. The normalized spacial score (nSPS) is 10.8. The number of fused-ring (bicyclic) bond motifs is 1. The molecule has 0 bridgehead atoms. The number of halogens is 1. The summed E-state index contributed by atoms with van der Waals surface area (Å²) < 4.78 is 6.35. The van der Waals surface area contributed by atoms with E-state index in [0.29, 0.717) is 17.8 Å². The molecule has 2 aromatic heterocycles. The summed E-state index contributed by atoms with van der Waals surface area (Å²) in [6.07, 6.45) is 5.09. The summed E-state index contributed by atoms with van der Waals surface area (Å²) in [7, 11) is 0. The molecule has 0 saturated heterocycles. The van der Waals surface area contributed by atoms with Crippen LogP contribution in [0.4, 0.5) is 4.79 Å². The maximum Gasteiger partial charge on any atom is 0.420 e. The number of nitrogens with zero attached hydrogens (tertiary/aromatic N) is 4. The fourth-order valence-electron chi connectivity index (χ4n) is 1.52. The summed E-state index contributed by atoms with van der Waals surface area (Å²) >= 11 is 5.84. The van der Waals surface area contributed by atoms with E-state index in [9.17, 15) is 4.79 Å². The number of carbonyl (C=O) groups excluding carboxylic acids is 1. The molecule has 18 heavy (non-hydrogen) atoms. The van der Waals surface area contributed by atoms with E-state index in [-0.39, 0.29) is 5.15 Å². The average Bonchev–Trinajstić information content (AvgIpc) is 2.80. The van der Waals surface area contributed by atoms with E-state index in [1.54, 1.807) is 0 Å². The highest BCUT2D eigenvalue weighted by Gasteiger charge is 2.14. The molecule has 2 aromatic rings. The molecule has 0 amide bonds. The molecular weight excluding hydrogens is 256 g/mol. The predicted octanol–water partition coefficient (Wildman–Crippen LogP) is 2.65. The molecule has 6 nitrogen and oxygen atoms in total.